The molecule has 0 aromatic heterocycles. The molecule has 0 spiro atoms. The second kappa shape index (κ2) is 3.91. The second-order valence-corrected chi connectivity index (χ2v) is 4.58. The maximum absolute atomic E-state index is 11.6. The molecule has 1 fully saturated rings. The van der Waals surface area contributed by atoms with Crippen molar-refractivity contribution in [3.8, 4) is 0 Å². The molecule has 2 aliphatic rings. The number of carbonyl (C=O) groups is 1. The van der Waals surface area contributed by atoms with Gasteiger partial charge < -0.3 is 10.6 Å². The Morgan fingerprint density at radius 3 is 2.81 bits per heavy atom. The highest BCUT2D eigenvalue weighted by Crippen LogP contribution is 2.31. The lowest BCUT2D eigenvalue weighted by molar-refractivity contribution is 0.0966. The van der Waals surface area contributed by atoms with Crippen LogP contribution in [0, 0.1) is 0 Å². The smallest absolute Gasteiger partial charge is 0.251 e. The van der Waals surface area contributed by atoms with Crippen LogP contribution in [0.1, 0.15) is 40.2 Å². The number of benzene rings is 1. The second-order valence-electron chi connectivity index (χ2n) is 4.58. The highest BCUT2D eigenvalue weighted by atomic mass is 16.1. The molecule has 1 amide bonds. The molecule has 2 aliphatic heterocycles. The van der Waals surface area contributed by atoms with Crippen LogP contribution in [-0.4, -0.2) is 19.0 Å². The minimum atomic E-state index is 0.0887. The molecule has 2 N–H and O–H groups in total. The van der Waals surface area contributed by atoms with E-state index in [4.69, 9.17) is 0 Å². The molecule has 2 heterocycles. The fourth-order valence-electron chi connectivity index (χ4n) is 2.79. The van der Waals surface area contributed by atoms with Crippen LogP contribution < -0.4 is 10.6 Å². The quantitative estimate of drug-likeness (QED) is 0.745. The van der Waals surface area contributed by atoms with E-state index in [0.29, 0.717) is 12.5 Å². The van der Waals surface area contributed by atoms with Gasteiger partial charge in [-0.2, -0.15) is 0 Å². The Morgan fingerprint density at radius 2 is 2.00 bits per heavy atom. The zero-order valence-corrected chi connectivity index (χ0v) is 9.25. The van der Waals surface area contributed by atoms with E-state index in [1.54, 1.807) is 0 Å². The molecule has 0 aliphatic carbocycles. The molecular formula is C13H16N2O. The highest BCUT2D eigenvalue weighted by molar-refractivity contribution is 5.98. The van der Waals surface area contributed by atoms with E-state index in [2.05, 4.69) is 16.7 Å². The molecular weight excluding hydrogens is 200 g/mol. The molecule has 3 heteroatoms. The van der Waals surface area contributed by atoms with Crippen molar-refractivity contribution in [3.05, 3.63) is 34.9 Å². The first-order valence-corrected chi connectivity index (χ1v) is 5.97. The molecule has 1 aromatic carbocycles. The van der Waals surface area contributed by atoms with Crippen LogP contribution in [0.5, 0.6) is 0 Å². The zero-order valence-electron chi connectivity index (χ0n) is 9.25. The van der Waals surface area contributed by atoms with Gasteiger partial charge in [0.05, 0.1) is 0 Å². The summed E-state index contributed by atoms with van der Waals surface area (Å²) >= 11 is 0. The van der Waals surface area contributed by atoms with Gasteiger partial charge in [0.15, 0.2) is 0 Å². The highest BCUT2D eigenvalue weighted by Gasteiger charge is 2.25. The molecule has 3 rings (SSSR count). The largest absolute Gasteiger partial charge is 0.348 e. The van der Waals surface area contributed by atoms with Crippen molar-refractivity contribution in [3.63, 3.8) is 0 Å². The predicted octanol–water partition coefficient (Wildman–Crippen LogP) is 1.40. The summed E-state index contributed by atoms with van der Waals surface area (Å²) in [6.45, 7) is 2.90. The van der Waals surface area contributed by atoms with Gasteiger partial charge in [0.1, 0.15) is 0 Å². The number of carbonyl (C=O) groups excluding carboxylic acids is 1. The Labute approximate surface area is 95.2 Å². The summed E-state index contributed by atoms with van der Waals surface area (Å²) in [7, 11) is 0. The minimum Gasteiger partial charge on any atom is -0.348 e. The van der Waals surface area contributed by atoms with Crippen molar-refractivity contribution in [1.82, 2.24) is 10.6 Å². The third kappa shape index (κ3) is 1.52. The van der Waals surface area contributed by atoms with Gasteiger partial charge in [-0.3, -0.25) is 4.79 Å². The van der Waals surface area contributed by atoms with Gasteiger partial charge in [-0.25, -0.2) is 0 Å². The molecule has 16 heavy (non-hydrogen) atoms. The number of hydrogen-bond donors (Lipinski definition) is 2. The van der Waals surface area contributed by atoms with Crippen molar-refractivity contribution in [2.75, 3.05) is 13.1 Å². The predicted molar refractivity (Wildman–Crippen MR) is 62.5 cm³/mol. The molecule has 1 saturated heterocycles. The minimum absolute atomic E-state index is 0.0887. The monoisotopic (exact) mass is 216 g/mol. The van der Waals surface area contributed by atoms with Gasteiger partial charge in [0.2, 0.25) is 0 Å². The molecule has 0 bridgehead atoms. The van der Waals surface area contributed by atoms with E-state index in [0.717, 1.165) is 18.7 Å². The average Bonchev–Trinajstić information content (AvgIpc) is 2.73. The molecule has 0 unspecified atom stereocenters. The first-order chi connectivity index (χ1) is 7.86. The van der Waals surface area contributed by atoms with E-state index < -0.39 is 0 Å². The summed E-state index contributed by atoms with van der Waals surface area (Å²) in [5.74, 6) is 0.717. The molecule has 1 aromatic rings. The number of amides is 1. The van der Waals surface area contributed by atoms with E-state index in [9.17, 15) is 4.79 Å². The Kier molecular flexibility index (Phi) is 2.40. The maximum atomic E-state index is 11.6. The SMILES string of the molecule is O=C1NCc2c1cccc2C1CCNCC1. The van der Waals surface area contributed by atoms with Crippen LogP contribution in [0.4, 0.5) is 0 Å². The first kappa shape index (κ1) is 9.85. The first-order valence-electron chi connectivity index (χ1n) is 5.97. The van der Waals surface area contributed by atoms with Crippen LogP contribution in [0.15, 0.2) is 18.2 Å². The fraction of sp³-hybridized carbons (Fsp3) is 0.462. The van der Waals surface area contributed by atoms with E-state index in [1.807, 2.05) is 12.1 Å². The Balaban J connectivity index is 1.98. The van der Waals surface area contributed by atoms with E-state index >= 15 is 0 Å². The van der Waals surface area contributed by atoms with Crippen molar-refractivity contribution in [2.24, 2.45) is 0 Å². The summed E-state index contributed by atoms with van der Waals surface area (Å²) in [4.78, 5) is 11.6. The molecule has 0 saturated carbocycles. The zero-order chi connectivity index (χ0) is 11.0. The average molecular weight is 216 g/mol. The summed E-state index contributed by atoms with van der Waals surface area (Å²) in [5.41, 5.74) is 3.51. The van der Waals surface area contributed by atoms with Crippen molar-refractivity contribution >= 4 is 5.91 Å². The van der Waals surface area contributed by atoms with E-state index in [1.165, 1.54) is 24.0 Å². The van der Waals surface area contributed by atoms with E-state index in [-0.39, 0.29) is 5.91 Å². The topological polar surface area (TPSA) is 41.1 Å². The Hall–Kier alpha value is -1.35. The van der Waals surface area contributed by atoms with Crippen LogP contribution >= 0.6 is 0 Å². The third-order valence-electron chi connectivity index (χ3n) is 3.66. The summed E-state index contributed by atoms with van der Waals surface area (Å²) in [5, 5.41) is 6.29. The standard InChI is InChI=1S/C13H16N2O/c16-13-11-3-1-2-10(12(11)8-15-13)9-4-6-14-7-5-9/h1-3,9,14H,4-8H2,(H,15,16). The summed E-state index contributed by atoms with van der Waals surface area (Å²) in [6, 6.07) is 6.14. The van der Waals surface area contributed by atoms with Crippen LogP contribution in [0.3, 0.4) is 0 Å². The maximum Gasteiger partial charge on any atom is 0.251 e. The van der Waals surface area contributed by atoms with Gasteiger partial charge in [0.25, 0.3) is 5.91 Å². The number of fused-ring (bicyclic) bond motifs is 1. The van der Waals surface area contributed by atoms with Crippen LogP contribution in [-0.2, 0) is 6.54 Å². The molecule has 0 atom stereocenters. The third-order valence-corrected chi connectivity index (χ3v) is 3.66. The van der Waals surface area contributed by atoms with Gasteiger partial charge >= 0.3 is 0 Å². The fourth-order valence-corrected chi connectivity index (χ4v) is 2.79. The Morgan fingerprint density at radius 1 is 1.19 bits per heavy atom. The summed E-state index contributed by atoms with van der Waals surface area (Å²) in [6.07, 6.45) is 2.37. The lowest BCUT2D eigenvalue weighted by Crippen LogP contribution is -2.27. The lowest BCUT2D eigenvalue weighted by atomic mass is 9.86. The lowest BCUT2D eigenvalue weighted by Gasteiger charge is -2.24. The number of rotatable bonds is 1. The van der Waals surface area contributed by atoms with Crippen LogP contribution in [0.2, 0.25) is 0 Å². The van der Waals surface area contributed by atoms with Gasteiger partial charge in [-0.05, 0) is 49.0 Å². The van der Waals surface area contributed by atoms with Crippen molar-refractivity contribution in [2.45, 2.75) is 25.3 Å². The molecule has 84 valence electrons. The Bertz CT molecular complexity index is 422. The normalized spacial score (nSPS) is 20.6. The van der Waals surface area contributed by atoms with Gasteiger partial charge in [-0.15, -0.1) is 0 Å². The number of nitrogens with one attached hydrogen (secondary N) is 2. The molecule has 3 nitrogen and oxygen atoms in total. The molecule has 0 radical (unpaired) electrons. The van der Waals surface area contributed by atoms with Gasteiger partial charge in [-0.1, -0.05) is 12.1 Å². The van der Waals surface area contributed by atoms with Crippen molar-refractivity contribution < 1.29 is 4.79 Å². The summed E-state index contributed by atoms with van der Waals surface area (Å²) < 4.78 is 0. The number of hydrogen-bond acceptors (Lipinski definition) is 2. The van der Waals surface area contributed by atoms with Crippen molar-refractivity contribution in [1.29, 1.82) is 0 Å². The number of piperidine rings is 1. The van der Waals surface area contributed by atoms with Crippen LogP contribution in [0.25, 0.3) is 0 Å². The van der Waals surface area contributed by atoms with Gasteiger partial charge in [0, 0.05) is 12.1 Å².